The van der Waals surface area contributed by atoms with E-state index in [-0.39, 0.29) is 0 Å². The van der Waals surface area contributed by atoms with Gasteiger partial charge in [-0.1, -0.05) is 0 Å². The van der Waals surface area contributed by atoms with Crippen LogP contribution in [0.25, 0.3) is 0 Å². The molecule has 0 saturated carbocycles. The van der Waals surface area contributed by atoms with Crippen molar-refractivity contribution in [1.82, 2.24) is 4.98 Å². The quantitative estimate of drug-likeness (QED) is 0.847. The summed E-state index contributed by atoms with van der Waals surface area (Å²) in [4.78, 5) is 15.2. The Morgan fingerprint density at radius 3 is 2.64 bits per heavy atom. The lowest BCUT2D eigenvalue weighted by Gasteiger charge is -2.15. The number of anilines is 1. The van der Waals surface area contributed by atoms with Crippen molar-refractivity contribution < 1.29 is 9.90 Å². The van der Waals surface area contributed by atoms with Gasteiger partial charge in [0.05, 0.1) is 0 Å². The minimum atomic E-state index is -1.39. The third-order valence-corrected chi connectivity index (χ3v) is 1.99. The molecule has 0 bridgehead atoms. The number of halogens is 1. The van der Waals surface area contributed by atoms with Gasteiger partial charge in [0, 0.05) is 10.7 Å². The molecule has 0 unspecified atom stereocenters. The van der Waals surface area contributed by atoms with E-state index >= 15 is 0 Å². The summed E-state index contributed by atoms with van der Waals surface area (Å²) in [5, 5.41) is 11.8. The van der Waals surface area contributed by atoms with Crippen LogP contribution in [0.4, 0.5) is 5.82 Å². The van der Waals surface area contributed by atoms with E-state index in [0.717, 1.165) is 4.47 Å². The zero-order chi connectivity index (χ0) is 10.8. The summed E-state index contributed by atoms with van der Waals surface area (Å²) in [7, 11) is 0. The Morgan fingerprint density at radius 2 is 2.21 bits per heavy atom. The van der Waals surface area contributed by atoms with Gasteiger partial charge in [0.15, 0.2) is 0 Å². The minimum absolute atomic E-state index is 0.417. The highest BCUT2D eigenvalue weighted by Crippen LogP contribution is 2.12. The number of amides is 1. The van der Waals surface area contributed by atoms with E-state index in [2.05, 4.69) is 26.2 Å². The molecule has 0 fully saturated rings. The number of carbonyl (C=O) groups is 1. The lowest BCUT2D eigenvalue weighted by Crippen LogP contribution is -2.36. The maximum Gasteiger partial charge on any atom is 0.256 e. The van der Waals surface area contributed by atoms with Crippen LogP contribution in [0.3, 0.4) is 0 Å². The second-order valence-corrected chi connectivity index (χ2v) is 4.29. The summed E-state index contributed by atoms with van der Waals surface area (Å²) in [6.45, 7) is 2.84. The van der Waals surface area contributed by atoms with Crippen LogP contribution in [0, 0.1) is 0 Å². The summed E-state index contributed by atoms with van der Waals surface area (Å²) in [5.41, 5.74) is -1.39. The van der Waals surface area contributed by atoms with E-state index < -0.39 is 11.5 Å². The molecule has 0 aliphatic carbocycles. The van der Waals surface area contributed by atoms with Gasteiger partial charge >= 0.3 is 0 Å². The van der Waals surface area contributed by atoms with Crippen LogP contribution < -0.4 is 5.32 Å². The third-order valence-electron chi connectivity index (χ3n) is 1.52. The van der Waals surface area contributed by atoms with Crippen molar-refractivity contribution >= 4 is 27.7 Å². The number of hydrogen-bond donors (Lipinski definition) is 2. The molecule has 0 spiro atoms. The van der Waals surface area contributed by atoms with Gasteiger partial charge in [-0.15, -0.1) is 0 Å². The maximum absolute atomic E-state index is 11.3. The van der Waals surface area contributed by atoms with E-state index in [0.29, 0.717) is 5.82 Å². The van der Waals surface area contributed by atoms with Crippen LogP contribution in [0.15, 0.2) is 22.8 Å². The van der Waals surface area contributed by atoms with Gasteiger partial charge in [0.1, 0.15) is 11.4 Å². The second kappa shape index (κ2) is 4.06. The average molecular weight is 259 g/mol. The van der Waals surface area contributed by atoms with Gasteiger partial charge in [-0.25, -0.2) is 4.98 Å². The first-order valence-electron chi connectivity index (χ1n) is 4.05. The lowest BCUT2D eigenvalue weighted by molar-refractivity contribution is -0.130. The van der Waals surface area contributed by atoms with Crippen molar-refractivity contribution in [3.05, 3.63) is 22.8 Å². The molecular formula is C9H11BrN2O2. The van der Waals surface area contributed by atoms with Gasteiger partial charge in [-0.3, -0.25) is 4.79 Å². The first-order chi connectivity index (χ1) is 6.39. The number of carbonyl (C=O) groups excluding carboxylic acids is 1. The zero-order valence-corrected chi connectivity index (χ0v) is 9.50. The molecule has 2 N–H and O–H groups in total. The predicted molar refractivity (Wildman–Crippen MR) is 56.9 cm³/mol. The fraction of sp³-hybridized carbons (Fsp3) is 0.333. The van der Waals surface area contributed by atoms with Crippen molar-refractivity contribution in [2.45, 2.75) is 19.4 Å². The van der Waals surface area contributed by atoms with Crippen LogP contribution in [-0.4, -0.2) is 21.6 Å². The van der Waals surface area contributed by atoms with E-state index in [1.54, 1.807) is 18.3 Å². The zero-order valence-electron chi connectivity index (χ0n) is 7.91. The van der Waals surface area contributed by atoms with E-state index in [4.69, 9.17) is 0 Å². The normalized spacial score (nSPS) is 11.1. The van der Waals surface area contributed by atoms with Crippen LogP contribution in [0.2, 0.25) is 0 Å². The van der Waals surface area contributed by atoms with E-state index in [1.165, 1.54) is 13.8 Å². The molecule has 0 radical (unpaired) electrons. The third kappa shape index (κ3) is 3.08. The highest BCUT2D eigenvalue weighted by molar-refractivity contribution is 9.10. The molecule has 0 aliphatic rings. The van der Waals surface area contributed by atoms with Crippen LogP contribution >= 0.6 is 15.9 Å². The minimum Gasteiger partial charge on any atom is -0.381 e. The SMILES string of the molecule is CC(C)(O)C(=O)Nc1ccc(Br)cn1. The van der Waals surface area contributed by atoms with Crippen molar-refractivity contribution in [1.29, 1.82) is 0 Å². The molecule has 76 valence electrons. The van der Waals surface area contributed by atoms with E-state index in [9.17, 15) is 9.90 Å². The van der Waals surface area contributed by atoms with Gasteiger partial charge in [-0.05, 0) is 41.9 Å². The number of aromatic nitrogens is 1. The van der Waals surface area contributed by atoms with E-state index in [1.807, 2.05) is 0 Å². The van der Waals surface area contributed by atoms with Crippen molar-refractivity contribution in [3.63, 3.8) is 0 Å². The second-order valence-electron chi connectivity index (χ2n) is 3.37. The van der Waals surface area contributed by atoms with Crippen molar-refractivity contribution in [2.75, 3.05) is 5.32 Å². The number of aliphatic hydroxyl groups is 1. The maximum atomic E-state index is 11.3. The molecule has 0 aliphatic heterocycles. The molecule has 1 aromatic heterocycles. The summed E-state index contributed by atoms with van der Waals surface area (Å²) in [5.74, 6) is -0.0624. The predicted octanol–water partition coefficient (Wildman–Crippen LogP) is 1.55. The Bertz CT molecular complexity index is 330. The average Bonchev–Trinajstić information content (AvgIpc) is 2.07. The smallest absolute Gasteiger partial charge is 0.256 e. The number of nitrogens with zero attached hydrogens (tertiary/aromatic N) is 1. The molecule has 1 rings (SSSR count). The highest BCUT2D eigenvalue weighted by Gasteiger charge is 2.23. The van der Waals surface area contributed by atoms with Gasteiger partial charge in [-0.2, -0.15) is 0 Å². The Kier molecular flexibility index (Phi) is 3.23. The lowest BCUT2D eigenvalue weighted by atomic mass is 10.1. The van der Waals surface area contributed by atoms with Crippen LogP contribution in [-0.2, 0) is 4.79 Å². The first kappa shape index (κ1) is 11.1. The summed E-state index contributed by atoms with van der Waals surface area (Å²) in [6.07, 6.45) is 1.57. The summed E-state index contributed by atoms with van der Waals surface area (Å²) in [6, 6.07) is 3.40. The molecular weight excluding hydrogens is 248 g/mol. The number of rotatable bonds is 2. The largest absolute Gasteiger partial charge is 0.381 e. The Hall–Kier alpha value is -0.940. The van der Waals surface area contributed by atoms with Crippen molar-refractivity contribution in [2.24, 2.45) is 0 Å². The topological polar surface area (TPSA) is 62.2 Å². The molecule has 0 aromatic carbocycles. The summed E-state index contributed by atoms with van der Waals surface area (Å²) >= 11 is 3.23. The molecule has 5 heteroatoms. The molecule has 1 amide bonds. The highest BCUT2D eigenvalue weighted by atomic mass is 79.9. The monoisotopic (exact) mass is 258 g/mol. The Labute approximate surface area is 90.5 Å². The molecule has 0 atom stereocenters. The Morgan fingerprint density at radius 1 is 1.57 bits per heavy atom. The molecule has 1 aromatic rings. The van der Waals surface area contributed by atoms with Crippen LogP contribution in [0.1, 0.15) is 13.8 Å². The Balaban J connectivity index is 2.71. The van der Waals surface area contributed by atoms with Gasteiger partial charge < -0.3 is 10.4 Å². The first-order valence-corrected chi connectivity index (χ1v) is 4.84. The number of hydrogen-bond acceptors (Lipinski definition) is 3. The number of pyridine rings is 1. The molecule has 1 heterocycles. The fourth-order valence-electron chi connectivity index (χ4n) is 0.719. The van der Waals surface area contributed by atoms with Crippen LogP contribution in [0.5, 0.6) is 0 Å². The number of nitrogens with one attached hydrogen (secondary N) is 1. The summed E-state index contributed by atoms with van der Waals surface area (Å²) < 4.78 is 0.832. The molecule has 4 nitrogen and oxygen atoms in total. The molecule has 0 saturated heterocycles. The fourth-order valence-corrected chi connectivity index (χ4v) is 0.954. The van der Waals surface area contributed by atoms with Gasteiger partial charge in [0.2, 0.25) is 0 Å². The van der Waals surface area contributed by atoms with Gasteiger partial charge in [0.25, 0.3) is 5.91 Å². The van der Waals surface area contributed by atoms with Crippen molar-refractivity contribution in [3.8, 4) is 0 Å². The standard InChI is InChI=1S/C9H11BrN2O2/c1-9(2,14)8(13)12-7-4-3-6(10)5-11-7/h3-5,14H,1-2H3,(H,11,12,13). The molecule has 14 heavy (non-hydrogen) atoms.